The van der Waals surface area contributed by atoms with Crippen LogP contribution < -0.4 is 10.6 Å². The minimum Gasteiger partial charge on any atom is -0.383 e. The van der Waals surface area contributed by atoms with Crippen LogP contribution in [0.5, 0.6) is 0 Å². The highest BCUT2D eigenvalue weighted by Crippen LogP contribution is 2.12. The van der Waals surface area contributed by atoms with Gasteiger partial charge in [0.15, 0.2) is 0 Å². The lowest BCUT2D eigenvalue weighted by Gasteiger charge is -2.28. The van der Waals surface area contributed by atoms with E-state index >= 15 is 0 Å². The monoisotopic (exact) mass is 369 g/mol. The number of hydrogen-bond donors (Lipinski definition) is 2. The third kappa shape index (κ3) is 6.75. The van der Waals surface area contributed by atoms with Crippen molar-refractivity contribution in [3.05, 3.63) is 65.7 Å². The maximum absolute atomic E-state index is 12.6. The summed E-state index contributed by atoms with van der Waals surface area (Å²) in [5.74, 6) is -0.126. The van der Waals surface area contributed by atoms with Crippen LogP contribution in [0.4, 0.5) is 10.5 Å². The molecule has 0 aliphatic carbocycles. The van der Waals surface area contributed by atoms with Crippen molar-refractivity contribution in [1.29, 1.82) is 0 Å². The van der Waals surface area contributed by atoms with Gasteiger partial charge >= 0.3 is 6.03 Å². The van der Waals surface area contributed by atoms with E-state index < -0.39 is 0 Å². The Labute approximate surface area is 160 Å². The highest BCUT2D eigenvalue weighted by Gasteiger charge is 2.20. The number of amides is 3. The molecule has 3 amide bonds. The molecule has 0 heterocycles. The lowest BCUT2D eigenvalue weighted by molar-refractivity contribution is -0.114. The fraction of sp³-hybridized carbons (Fsp3) is 0.333. The molecule has 2 N–H and O–H groups in total. The number of likely N-dealkylation sites (N-methyl/N-ethyl adjacent to an activating group) is 1. The zero-order valence-electron chi connectivity index (χ0n) is 16.1. The van der Waals surface area contributed by atoms with Crippen molar-refractivity contribution in [1.82, 2.24) is 10.2 Å². The number of anilines is 1. The van der Waals surface area contributed by atoms with Crippen LogP contribution in [0.2, 0.25) is 0 Å². The van der Waals surface area contributed by atoms with Gasteiger partial charge in [0, 0.05) is 33.3 Å². The van der Waals surface area contributed by atoms with Gasteiger partial charge in [0.1, 0.15) is 0 Å². The number of urea groups is 1. The lowest BCUT2D eigenvalue weighted by Crippen LogP contribution is -2.46. The Hall–Kier alpha value is -2.86. The van der Waals surface area contributed by atoms with Gasteiger partial charge in [-0.1, -0.05) is 42.5 Å². The molecule has 0 aromatic heterocycles. The fourth-order valence-corrected chi connectivity index (χ4v) is 2.82. The number of benzene rings is 2. The van der Waals surface area contributed by atoms with Crippen LogP contribution in [0, 0.1) is 0 Å². The Morgan fingerprint density at radius 1 is 1.07 bits per heavy atom. The summed E-state index contributed by atoms with van der Waals surface area (Å²) in [7, 11) is 3.41. The van der Waals surface area contributed by atoms with Crippen molar-refractivity contribution < 1.29 is 14.3 Å². The van der Waals surface area contributed by atoms with Gasteiger partial charge in [-0.25, -0.2) is 4.79 Å². The number of rotatable bonds is 8. The first-order valence-electron chi connectivity index (χ1n) is 8.89. The van der Waals surface area contributed by atoms with E-state index in [4.69, 9.17) is 4.74 Å². The molecule has 0 saturated carbocycles. The van der Waals surface area contributed by atoms with E-state index in [9.17, 15) is 9.59 Å². The Bertz CT molecular complexity index is 749. The average Bonchev–Trinajstić information content (AvgIpc) is 2.66. The number of nitrogens with zero attached hydrogens (tertiary/aromatic N) is 1. The van der Waals surface area contributed by atoms with Gasteiger partial charge in [0.2, 0.25) is 5.91 Å². The third-order valence-corrected chi connectivity index (χ3v) is 4.23. The minimum atomic E-state index is -0.169. The van der Waals surface area contributed by atoms with E-state index in [1.165, 1.54) is 6.92 Å². The predicted octanol–water partition coefficient (Wildman–Crippen LogP) is 3.04. The summed E-state index contributed by atoms with van der Waals surface area (Å²) in [4.78, 5) is 25.4. The standard InChI is InChI=1S/C21H27N3O3/c1-16(25)23-19-11-7-10-18(12-19)14-22-21(26)24(2)20(15-27-3)13-17-8-5-4-6-9-17/h4-12,20H,13-15H2,1-3H3,(H,22,26)(H,23,25)/t20-/m1/s1. The van der Waals surface area contributed by atoms with Crippen molar-refractivity contribution in [3.63, 3.8) is 0 Å². The summed E-state index contributed by atoms with van der Waals surface area (Å²) in [5.41, 5.74) is 2.78. The maximum Gasteiger partial charge on any atom is 0.317 e. The van der Waals surface area contributed by atoms with Gasteiger partial charge in [0.05, 0.1) is 12.6 Å². The second-order valence-electron chi connectivity index (χ2n) is 6.45. The molecule has 0 unspecified atom stereocenters. The number of carbonyl (C=O) groups excluding carboxylic acids is 2. The van der Waals surface area contributed by atoms with Crippen LogP contribution in [0.3, 0.4) is 0 Å². The molecule has 27 heavy (non-hydrogen) atoms. The van der Waals surface area contributed by atoms with E-state index in [2.05, 4.69) is 10.6 Å². The number of hydrogen-bond acceptors (Lipinski definition) is 3. The highest BCUT2D eigenvalue weighted by molar-refractivity contribution is 5.88. The van der Waals surface area contributed by atoms with Crippen LogP contribution in [0.15, 0.2) is 54.6 Å². The molecule has 2 aromatic rings. The number of carbonyl (C=O) groups is 2. The van der Waals surface area contributed by atoms with Crippen molar-refractivity contribution in [2.45, 2.75) is 25.9 Å². The Balaban J connectivity index is 1.95. The lowest BCUT2D eigenvalue weighted by atomic mass is 10.1. The first-order chi connectivity index (χ1) is 13.0. The van der Waals surface area contributed by atoms with Crippen molar-refractivity contribution in [3.8, 4) is 0 Å². The van der Waals surface area contributed by atoms with Crippen LogP contribution in [0.25, 0.3) is 0 Å². The van der Waals surface area contributed by atoms with Gasteiger partial charge in [-0.05, 0) is 29.7 Å². The second kappa shape index (κ2) is 10.3. The molecule has 0 aliphatic heterocycles. The molecular formula is C21H27N3O3. The van der Waals surface area contributed by atoms with Gasteiger partial charge in [-0.3, -0.25) is 4.79 Å². The van der Waals surface area contributed by atoms with Crippen LogP contribution in [-0.2, 0) is 22.5 Å². The summed E-state index contributed by atoms with van der Waals surface area (Å²) in [5, 5.41) is 5.66. The minimum absolute atomic E-state index is 0.0666. The zero-order valence-corrected chi connectivity index (χ0v) is 16.1. The van der Waals surface area contributed by atoms with Gasteiger partial charge in [0.25, 0.3) is 0 Å². The second-order valence-corrected chi connectivity index (χ2v) is 6.45. The van der Waals surface area contributed by atoms with Crippen LogP contribution in [0.1, 0.15) is 18.1 Å². The van der Waals surface area contributed by atoms with E-state index in [1.54, 1.807) is 19.1 Å². The molecule has 0 bridgehead atoms. The Morgan fingerprint density at radius 2 is 1.78 bits per heavy atom. The first-order valence-corrected chi connectivity index (χ1v) is 8.89. The third-order valence-electron chi connectivity index (χ3n) is 4.23. The molecule has 0 spiro atoms. The van der Waals surface area contributed by atoms with E-state index in [0.29, 0.717) is 18.8 Å². The molecule has 0 aliphatic rings. The van der Waals surface area contributed by atoms with Crippen molar-refractivity contribution >= 4 is 17.6 Å². The smallest absolute Gasteiger partial charge is 0.317 e. The Kier molecular flexibility index (Phi) is 7.82. The summed E-state index contributed by atoms with van der Waals surface area (Å²) >= 11 is 0. The maximum atomic E-state index is 12.6. The number of ether oxygens (including phenoxy) is 1. The van der Waals surface area contributed by atoms with E-state index in [-0.39, 0.29) is 18.0 Å². The SMILES string of the molecule is COC[C@@H](Cc1ccccc1)N(C)C(=O)NCc1cccc(NC(C)=O)c1. The van der Waals surface area contributed by atoms with E-state index in [1.807, 2.05) is 54.6 Å². The molecule has 6 heteroatoms. The summed E-state index contributed by atoms with van der Waals surface area (Å²) in [6, 6.07) is 17.2. The summed E-state index contributed by atoms with van der Waals surface area (Å²) in [6.07, 6.45) is 0.719. The average molecular weight is 369 g/mol. The van der Waals surface area contributed by atoms with Crippen LogP contribution >= 0.6 is 0 Å². The molecule has 144 valence electrons. The van der Waals surface area contributed by atoms with Crippen molar-refractivity contribution in [2.24, 2.45) is 0 Å². The largest absolute Gasteiger partial charge is 0.383 e. The topological polar surface area (TPSA) is 70.7 Å². The van der Waals surface area contributed by atoms with Crippen LogP contribution in [-0.4, -0.2) is 43.6 Å². The normalized spacial score (nSPS) is 11.5. The van der Waals surface area contributed by atoms with Gasteiger partial charge in [-0.2, -0.15) is 0 Å². The quantitative estimate of drug-likeness (QED) is 0.751. The fourth-order valence-electron chi connectivity index (χ4n) is 2.82. The molecule has 6 nitrogen and oxygen atoms in total. The molecule has 2 aromatic carbocycles. The predicted molar refractivity (Wildman–Crippen MR) is 107 cm³/mol. The molecule has 1 atom stereocenters. The Morgan fingerprint density at radius 3 is 2.44 bits per heavy atom. The number of nitrogens with one attached hydrogen (secondary N) is 2. The van der Waals surface area contributed by atoms with E-state index in [0.717, 1.165) is 17.5 Å². The van der Waals surface area contributed by atoms with Gasteiger partial charge in [-0.15, -0.1) is 0 Å². The number of methoxy groups -OCH3 is 1. The summed E-state index contributed by atoms with van der Waals surface area (Å²) < 4.78 is 5.30. The highest BCUT2D eigenvalue weighted by atomic mass is 16.5. The van der Waals surface area contributed by atoms with Gasteiger partial charge < -0.3 is 20.3 Å². The van der Waals surface area contributed by atoms with Crippen molar-refractivity contribution in [2.75, 3.05) is 26.1 Å². The zero-order chi connectivity index (χ0) is 19.6. The molecule has 0 fully saturated rings. The summed E-state index contributed by atoms with van der Waals surface area (Å²) in [6.45, 7) is 2.30. The first kappa shape index (κ1) is 20.5. The molecule has 2 rings (SSSR count). The molecule has 0 saturated heterocycles. The molecular weight excluding hydrogens is 342 g/mol. The molecule has 0 radical (unpaired) electrons.